The Morgan fingerprint density at radius 1 is 1.21 bits per heavy atom. The molecule has 0 amide bonds. The molecule has 1 aromatic heterocycles. The highest BCUT2D eigenvalue weighted by molar-refractivity contribution is 6.42. The lowest BCUT2D eigenvalue weighted by Gasteiger charge is -2.12. The second-order valence-corrected chi connectivity index (χ2v) is 4.46. The third-order valence-corrected chi connectivity index (χ3v) is 3.02. The van der Waals surface area contributed by atoms with Crippen LogP contribution in [0.25, 0.3) is 0 Å². The molecule has 0 saturated heterocycles. The van der Waals surface area contributed by atoms with Gasteiger partial charge in [0.1, 0.15) is 0 Å². The second-order valence-electron chi connectivity index (χ2n) is 3.65. The van der Waals surface area contributed by atoms with Gasteiger partial charge in [0, 0.05) is 12.3 Å². The molecule has 0 unspecified atom stereocenters. The minimum absolute atomic E-state index is 0.328. The van der Waals surface area contributed by atoms with E-state index in [0.29, 0.717) is 39.7 Å². The van der Waals surface area contributed by atoms with Crippen LogP contribution >= 0.6 is 23.2 Å². The summed E-state index contributed by atoms with van der Waals surface area (Å²) in [5.74, 6) is 1.25. The molecule has 4 nitrogen and oxygen atoms in total. The van der Waals surface area contributed by atoms with Crippen molar-refractivity contribution in [1.82, 2.24) is 4.98 Å². The molecule has 0 aliphatic rings. The molecular formula is C13H12Cl2N2O2. The highest BCUT2D eigenvalue weighted by Gasteiger charge is 2.11. The van der Waals surface area contributed by atoms with E-state index < -0.39 is 0 Å². The molecule has 19 heavy (non-hydrogen) atoms. The molecule has 0 bridgehead atoms. The predicted molar refractivity (Wildman–Crippen MR) is 76.4 cm³/mol. The molecule has 0 radical (unpaired) electrons. The summed E-state index contributed by atoms with van der Waals surface area (Å²) in [6, 6.07) is 6.60. The first-order valence-electron chi connectivity index (χ1n) is 5.62. The normalized spacial score (nSPS) is 10.3. The van der Waals surface area contributed by atoms with Gasteiger partial charge in [-0.05, 0) is 25.1 Å². The lowest BCUT2D eigenvalue weighted by atomic mass is 10.3. The van der Waals surface area contributed by atoms with Gasteiger partial charge < -0.3 is 15.2 Å². The molecule has 0 fully saturated rings. The van der Waals surface area contributed by atoms with Crippen molar-refractivity contribution in [3.63, 3.8) is 0 Å². The van der Waals surface area contributed by atoms with Gasteiger partial charge in [0.2, 0.25) is 0 Å². The van der Waals surface area contributed by atoms with Gasteiger partial charge in [-0.3, -0.25) is 0 Å². The van der Waals surface area contributed by atoms with E-state index in [1.54, 1.807) is 24.4 Å². The van der Waals surface area contributed by atoms with Gasteiger partial charge in [0.25, 0.3) is 5.88 Å². The third kappa shape index (κ3) is 3.22. The van der Waals surface area contributed by atoms with Gasteiger partial charge in [-0.2, -0.15) is 0 Å². The summed E-state index contributed by atoms with van der Waals surface area (Å²) in [6.45, 7) is 2.39. The van der Waals surface area contributed by atoms with Crippen LogP contribution in [0.15, 0.2) is 30.5 Å². The average molecular weight is 299 g/mol. The first-order valence-corrected chi connectivity index (χ1v) is 6.37. The molecule has 2 N–H and O–H groups in total. The molecule has 6 heteroatoms. The first kappa shape index (κ1) is 13.8. The van der Waals surface area contributed by atoms with Crippen molar-refractivity contribution in [2.45, 2.75) is 6.92 Å². The van der Waals surface area contributed by atoms with Gasteiger partial charge in [-0.25, -0.2) is 4.98 Å². The van der Waals surface area contributed by atoms with Crippen molar-refractivity contribution in [3.8, 4) is 17.4 Å². The summed E-state index contributed by atoms with van der Waals surface area (Å²) < 4.78 is 11.0. The number of nitrogen functional groups attached to an aromatic ring is 1. The Labute approximate surface area is 121 Å². The number of aromatic nitrogens is 1. The Bertz CT molecular complexity index is 591. The van der Waals surface area contributed by atoms with Gasteiger partial charge in [-0.1, -0.05) is 23.2 Å². The van der Waals surface area contributed by atoms with Crippen LogP contribution in [0.5, 0.6) is 17.4 Å². The van der Waals surface area contributed by atoms with Crippen LogP contribution in [-0.4, -0.2) is 11.6 Å². The van der Waals surface area contributed by atoms with Gasteiger partial charge >= 0.3 is 0 Å². The highest BCUT2D eigenvalue weighted by atomic mass is 35.5. The monoisotopic (exact) mass is 298 g/mol. The summed E-state index contributed by atoms with van der Waals surface area (Å²) in [5, 5.41) is 0.734. The van der Waals surface area contributed by atoms with Gasteiger partial charge in [-0.15, -0.1) is 0 Å². The number of pyridine rings is 1. The molecule has 100 valence electrons. The van der Waals surface area contributed by atoms with Crippen LogP contribution in [0, 0.1) is 0 Å². The molecule has 1 aromatic carbocycles. The van der Waals surface area contributed by atoms with E-state index in [2.05, 4.69) is 4.98 Å². The molecule has 0 aliphatic carbocycles. The molecule has 0 spiro atoms. The van der Waals surface area contributed by atoms with E-state index in [4.69, 9.17) is 38.4 Å². The second kappa shape index (κ2) is 5.99. The molecular weight excluding hydrogens is 287 g/mol. The molecule has 0 atom stereocenters. The van der Waals surface area contributed by atoms with E-state index in [0.717, 1.165) is 0 Å². The number of hydrogen-bond donors (Lipinski definition) is 1. The lowest BCUT2D eigenvalue weighted by Crippen LogP contribution is -1.98. The summed E-state index contributed by atoms with van der Waals surface area (Å²) in [5.41, 5.74) is 6.20. The molecule has 0 aliphatic heterocycles. The zero-order chi connectivity index (χ0) is 13.8. The van der Waals surface area contributed by atoms with Crippen molar-refractivity contribution < 1.29 is 9.47 Å². The van der Waals surface area contributed by atoms with Crippen molar-refractivity contribution in [2.24, 2.45) is 0 Å². The van der Waals surface area contributed by atoms with E-state index in [-0.39, 0.29) is 0 Å². The van der Waals surface area contributed by atoms with Crippen molar-refractivity contribution in [2.75, 3.05) is 12.3 Å². The topological polar surface area (TPSA) is 57.4 Å². The number of benzene rings is 1. The first-order chi connectivity index (χ1) is 9.11. The fourth-order valence-corrected chi connectivity index (χ4v) is 1.78. The van der Waals surface area contributed by atoms with Crippen LogP contribution in [-0.2, 0) is 0 Å². The van der Waals surface area contributed by atoms with Crippen LogP contribution < -0.4 is 15.2 Å². The standard InChI is InChI=1S/C13H12Cl2N2O2/c1-2-18-11-4-3-5-17-13(11)19-12-7-9(15)8(14)6-10(12)16/h3-7H,2,16H2,1H3. The van der Waals surface area contributed by atoms with Gasteiger partial charge in [0.05, 0.1) is 22.3 Å². The predicted octanol–water partition coefficient (Wildman–Crippen LogP) is 4.16. The van der Waals surface area contributed by atoms with Crippen LogP contribution in [0.2, 0.25) is 10.0 Å². The number of anilines is 1. The highest BCUT2D eigenvalue weighted by Crippen LogP contribution is 2.36. The number of ether oxygens (including phenoxy) is 2. The average Bonchev–Trinajstić information content (AvgIpc) is 2.38. The van der Waals surface area contributed by atoms with E-state index in [9.17, 15) is 0 Å². The summed E-state index contributed by atoms with van der Waals surface area (Å²) >= 11 is 11.8. The third-order valence-electron chi connectivity index (χ3n) is 2.30. The summed E-state index contributed by atoms with van der Waals surface area (Å²) in [6.07, 6.45) is 1.60. The Morgan fingerprint density at radius 3 is 2.68 bits per heavy atom. The Morgan fingerprint density at radius 2 is 1.95 bits per heavy atom. The number of rotatable bonds is 4. The van der Waals surface area contributed by atoms with Crippen LogP contribution in [0.3, 0.4) is 0 Å². The number of hydrogen-bond acceptors (Lipinski definition) is 4. The number of halogens is 2. The molecule has 2 aromatic rings. The SMILES string of the molecule is CCOc1cccnc1Oc1cc(Cl)c(Cl)cc1N. The Balaban J connectivity index is 2.33. The van der Waals surface area contributed by atoms with E-state index in [1.807, 2.05) is 6.92 Å². The maximum absolute atomic E-state index is 5.93. The number of nitrogens with zero attached hydrogens (tertiary/aromatic N) is 1. The minimum atomic E-state index is 0.328. The Hall–Kier alpha value is -1.65. The quantitative estimate of drug-likeness (QED) is 0.861. The molecule has 1 heterocycles. The largest absolute Gasteiger partial charge is 0.488 e. The van der Waals surface area contributed by atoms with Crippen molar-refractivity contribution in [1.29, 1.82) is 0 Å². The lowest BCUT2D eigenvalue weighted by molar-refractivity contribution is 0.316. The minimum Gasteiger partial charge on any atom is -0.488 e. The maximum Gasteiger partial charge on any atom is 0.262 e. The van der Waals surface area contributed by atoms with E-state index >= 15 is 0 Å². The summed E-state index contributed by atoms with van der Waals surface area (Å²) in [7, 11) is 0. The smallest absolute Gasteiger partial charge is 0.262 e. The summed E-state index contributed by atoms with van der Waals surface area (Å²) in [4.78, 5) is 4.11. The molecule has 0 saturated carbocycles. The maximum atomic E-state index is 5.93. The van der Waals surface area contributed by atoms with E-state index in [1.165, 1.54) is 6.07 Å². The zero-order valence-electron chi connectivity index (χ0n) is 10.2. The van der Waals surface area contributed by atoms with Crippen LogP contribution in [0.1, 0.15) is 6.92 Å². The van der Waals surface area contributed by atoms with Gasteiger partial charge in [0.15, 0.2) is 11.5 Å². The molecule has 2 rings (SSSR count). The van der Waals surface area contributed by atoms with Crippen molar-refractivity contribution in [3.05, 3.63) is 40.5 Å². The fraction of sp³-hybridized carbons (Fsp3) is 0.154. The van der Waals surface area contributed by atoms with Crippen LogP contribution in [0.4, 0.5) is 5.69 Å². The fourth-order valence-electron chi connectivity index (χ4n) is 1.45. The Kier molecular flexibility index (Phi) is 4.35. The number of nitrogens with two attached hydrogens (primary N) is 1. The van der Waals surface area contributed by atoms with Crippen molar-refractivity contribution >= 4 is 28.9 Å². The zero-order valence-corrected chi connectivity index (χ0v) is 11.7.